The third-order valence-electron chi connectivity index (χ3n) is 6.74. The van der Waals surface area contributed by atoms with E-state index in [2.05, 4.69) is 19.7 Å². The summed E-state index contributed by atoms with van der Waals surface area (Å²) in [6, 6.07) is 10.1. The molecule has 3 fully saturated rings. The summed E-state index contributed by atoms with van der Waals surface area (Å²) < 4.78 is 5.38. The van der Waals surface area contributed by atoms with Crippen molar-refractivity contribution in [3.05, 3.63) is 59.1 Å². The smallest absolute Gasteiger partial charge is 0.275 e. The molecule has 0 saturated carbocycles. The van der Waals surface area contributed by atoms with Gasteiger partial charge in [-0.2, -0.15) is 0 Å². The fraction of sp³-hybridized carbons (Fsp3) is 0.455. The summed E-state index contributed by atoms with van der Waals surface area (Å²) >= 11 is 0. The number of carbonyl (C=O) groups excluding carboxylic acids is 2. The molecule has 5 rings (SSSR count). The van der Waals surface area contributed by atoms with Crippen LogP contribution in [0.1, 0.15) is 24.8 Å². The van der Waals surface area contributed by atoms with Crippen LogP contribution in [0.2, 0.25) is 0 Å². The van der Waals surface area contributed by atoms with Crippen molar-refractivity contribution in [3.63, 3.8) is 0 Å². The molecule has 4 aliphatic rings. The Bertz CT molecular complexity index is 950. The first kappa shape index (κ1) is 20.5. The van der Waals surface area contributed by atoms with Crippen molar-refractivity contribution in [2.24, 2.45) is 0 Å². The Balaban J connectivity index is 1.41. The minimum Gasteiger partial charge on any atom is -0.479 e. The number of aliphatic hydroxyl groups is 1. The maximum atomic E-state index is 13.4. The number of hydrogen-bond donors (Lipinski definition) is 2. The number of rotatable bonds is 4. The lowest BCUT2D eigenvalue weighted by Crippen LogP contribution is -2.65. The van der Waals surface area contributed by atoms with Gasteiger partial charge in [-0.1, -0.05) is 30.3 Å². The minimum absolute atomic E-state index is 0.0246. The van der Waals surface area contributed by atoms with Crippen molar-refractivity contribution in [3.8, 4) is 0 Å². The molecule has 2 amide bonds. The first-order chi connectivity index (χ1) is 15.1. The molecular formula is C22H27N4O4P. The monoisotopic (exact) mass is 442 g/mol. The number of carbonyl (C=O) groups is 2. The van der Waals surface area contributed by atoms with E-state index in [4.69, 9.17) is 4.52 Å². The zero-order valence-electron chi connectivity index (χ0n) is 17.2. The molecule has 0 bridgehead atoms. The first-order valence-electron chi connectivity index (χ1n) is 10.7. The van der Waals surface area contributed by atoms with Crippen LogP contribution in [-0.2, 0) is 20.7 Å². The fourth-order valence-electron chi connectivity index (χ4n) is 5.20. The highest BCUT2D eigenvalue weighted by Gasteiger charge is 2.49. The molecule has 1 aromatic carbocycles. The molecule has 31 heavy (non-hydrogen) atoms. The number of nitrogens with one attached hydrogen (secondary N) is 1. The van der Waals surface area contributed by atoms with Crippen LogP contribution in [0.4, 0.5) is 0 Å². The third-order valence-corrected chi connectivity index (χ3v) is 6.99. The summed E-state index contributed by atoms with van der Waals surface area (Å²) in [7, 11) is 2.10. The molecule has 4 aliphatic heterocycles. The van der Waals surface area contributed by atoms with Crippen molar-refractivity contribution in [1.82, 2.24) is 20.0 Å². The Morgan fingerprint density at radius 1 is 1.23 bits per heavy atom. The summed E-state index contributed by atoms with van der Waals surface area (Å²) in [5, 5.41) is 13.7. The van der Waals surface area contributed by atoms with Crippen molar-refractivity contribution >= 4 is 21.3 Å². The molecule has 164 valence electrons. The van der Waals surface area contributed by atoms with Crippen LogP contribution in [0, 0.1) is 0 Å². The lowest BCUT2D eigenvalue weighted by atomic mass is 9.97. The maximum absolute atomic E-state index is 13.4. The van der Waals surface area contributed by atoms with Gasteiger partial charge in [-0.15, -0.1) is 0 Å². The zero-order valence-corrected chi connectivity index (χ0v) is 18.4. The van der Waals surface area contributed by atoms with Crippen LogP contribution in [0.25, 0.3) is 0 Å². The van der Waals surface area contributed by atoms with Gasteiger partial charge >= 0.3 is 0 Å². The lowest BCUT2D eigenvalue weighted by Gasteiger charge is -2.52. The number of amides is 2. The van der Waals surface area contributed by atoms with Crippen molar-refractivity contribution in [2.75, 3.05) is 19.6 Å². The van der Waals surface area contributed by atoms with Gasteiger partial charge in [0.25, 0.3) is 11.8 Å². The Kier molecular flexibility index (Phi) is 5.46. The van der Waals surface area contributed by atoms with E-state index < -0.39 is 6.10 Å². The van der Waals surface area contributed by atoms with Gasteiger partial charge < -0.3 is 24.7 Å². The number of fused-ring (bicyclic) bond motifs is 4. The maximum Gasteiger partial charge on any atom is 0.275 e. The summed E-state index contributed by atoms with van der Waals surface area (Å²) in [5.74, 6) is -0.435. The highest BCUT2D eigenvalue weighted by atomic mass is 31.0. The third kappa shape index (κ3) is 3.53. The van der Waals surface area contributed by atoms with Crippen molar-refractivity contribution < 1.29 is 19.2 Å². The van der Waals surface area contributed by atoms with Gasteiger partial charge in [0, 0.05) is 31.9 Å². The van der Waals surface area contributed by atoms with Crippen LogP contribution in [-0.4, -0.2) is 69.6 Å². The second-order valence-electron chi connectivity index (χ2n) is 8.44. The second kappa shape index (κ2) is 8.26. The molecule has 3 saturated heterocycles. The quantitative estimate of drug-likeness (QED) is 0.675. The zero-order chi connectivity index (χ0) is 21.5. The number of benzene rings is 1. The first-order valence-corrected chi connectivity index (χ1v) is 11.2. The molecule has 8 nitrogen and oxygen atoms in total. The van der Waals surface area contributed by atoms with E-state index in [0.29, 0.717) is 31.4 Å². The van der Waals surface area contributed by atoms with Crippen LogP contribution in [0.5, 0.6) is 0 Å². The average molecular weight is 442 g/mol. The molecule has 4 heterocycles. The van der Waals surface area contributed by atoms with Gasteiger partial charge in [0.2, 0.25) is 0 Å². The van der Waals surface area contributed by atoms with E-state index in [0.717, 1.165) is 24.9 Å². The van der Waals surface area contributed by atoms with E-state index >= 15 is 0 Å². The Hall–Kier alpha value is -2.41. The molecule has 0 aromatic heterocycles. The molecule has 1 aromatic rings. The summed E-state index contributed by atoms with van der Waals surface area (Å²) in [5.41, 5.74) is 1.45. The molecule has 9 heteroatoms. The van der Waals surface area contributed by atoms with E-state index in [1.165, 1.54) is 6.42 Å². The molecule has 4 atom stereocenters. The molecule has 2 N–H and O–H groups in total. The molecule has 2 unspecified atom stereocenters. The minimum atomic E-state index is -1.30. The standard InChI is InChI=1S/C22H27N4O4P/c27-19-16(21(28)23-11-14-5-2-1-3-6-14)12-24-13-17-25-9-4-7-15(25)8-10-26(17)22(29)18(24)20(19)30-31/h1-3,5-6,12,15,17,19,27H,4,7-11,13,31H2,(H,23,28)/t15-,17-,19?/m1/s1. The normalized spacial score (nSPS) is 28.0. The second-order valence-corrected chi connectivity index (χ2v) is 8.68. The fourth-order valence-corrected chi connectivity index (χ4v) is 5.44. The van der Waals surface area contributed by atoms with Gasteiger partial charge in [0.05, 0.1) is 21.6 Å². The van der Waals surface area contributed by atoms with Crippen LogP contribution in [0.3, 0.4) is 0 Å². The van der Waals surface area contributed by atoms with Crippen molar-refractivity contribution in [1.29, 1.82) is 0 Å². The van der Waals surface area contributed by atoms with Gasteiger partial charge in [-0.25, -0.2) is 0 Å². The van der Waals surface area contributed by atoms with Gasteiger partial charge in [0.15, 0.2) is 5.76 Å². The van der Waals surface area contributed by atoms with E-state index in [9.17, 15) is 14.7 Å². The molecule has 0 spiro atoms. The molecule has 0 aliphatic carbocycles. The van der Waals surface area contributed by atoms with E-state index in [-0.39, 0.29) is 29.3 Å². The predicted molar refractivity (Wildman–Crippen MR) is 117 cm³/mol. The van der Waals surface area contributed by atoms with Crippen LogP contribution >= 0.6 is 9.47 Å². The molecule has 0 radical (unpaired) electrons. The van der Waals surface area contributed by atoms with Gasteiger partial charge in [0.1, 0.15) is 18.0 Å². The predicted octanol–water partition coefficient (Wildman–Crippen LogP) is 0.918. The molecular weight excluding hydrogens is 415 g/mol. The highest BCUT2D eigenvalue weighted by Crippen LogP contribution is 2.38. The number of aliphatic hydroxyl groups excluding tert-OH is 1. The van der Waals surface area contributed by atoms with Gasteiger partial charge in [-0.05, 0) is 24.8 Å². The highest BCUT2D eigenvalue weighted by molar-refractivity contribution is 7.10. The SMILES string of the molecule is O=C(NCc1ccccc1)C1=CN2C[C@H]3N(CC[C@H]4CCCN43)C(=O)C2=C(OP)C1O. The Morgan fingerprint density at radius 3 is 2.81 bits per heavy atom. The number of nitrogens with zero attached hydrogens (tertiary/aromatic N) is 3. The summed E-state index contributed by atoms with van der Waals surface area (Å²) in [6.45, 7) is 2.59. The largest absolute Gasteiger partial charge is 0.479 e. The number of piperazine rings is 1. The Morgan fingerprint density at radius 2 is 2.03 bits per heavy atom. The topological polar surface area (TPSA) is 85.4 Å². The van der Waals surface area contributed by atoms with Crippen molar-refractivity contribution in [2.45, 2.75) is 44.1 Å². The summed E-state index contributed by atoms with van der Waals surface area (Å²) in [6.07, 6.45) is 3.57. The van der Waals surface area contributed by atoms with E-state index in [1.54, 1.807) is 11.1 Å². The van der Waals surface area contributed by atoms with Gasteiger partial charge in [-0.3, -0.25) is 14.5 Å². The lowest BCUT2D eigenvalue weighted by molar-refractivity contribution is -0.146. The average Bonchev–Trinajstić information content (AvgIpc) is 3.28. The van der Waals surface area contributed by atoms with E-state index in [1.807, 2.05) is 35.2 Å². The van der Waals surface area contributed by atoms with Crippen LogP contribution < -0.4 is 5.32 Å². The summed E-state index contributed by atoms with van der Waals surface area (Å²) in [4.78, 5) is 32.3. The Labute approximate surface area is 183 Å². The van der Waals surface area contributed by atoms with Crippen LogP contribution in [0.15, 0.2) is 53.6 Å². The number of hydrogen-bond acceptors (Lipinski definition) is 6.